The van der Waals surface area contributed by atoms with E-state index in [9.17, 15) is 26.4 Å². The number of amides is 2. The number of carbonyl (C=O) groups excluding carboxylic acids is 2. The number of halogens is 2. The smallest absolute Gasteiger partial charge is 0.267 e. The van der Waals surface area contributed by atoms with Gasteiger partial charge in [0.15, 0.2) is 5.13 Å². The molecule has 10 nitrogen and oxygen atoms in total. The third-order valence-corrected chi connectivity index (χ3v) is 12.6. The van der Waals surface area contributed by atoms with Gasteiger partial charge in [-0.05, 0) is 69.0 Å². The van der Waals surface area contributed by atoms with Crippen LogP contribution in [0.1, 0.15) is 52.1 Å². The predicted octanol–water partition coefficient (Wildman–Crippen LogP) is 4.81. The van der Waals surface area contributed by atoms with E-state index in [0.717, 1.165) is 54.1 Å². The van der Waals surface area contributed by atoms with Gasteiger partial charge in [-0.2, -0.15) is 8.61 Å². The van der Waals surface area contributed by atoms with Crippen LogP contribution in [0.3, 0.4) is 0 Å². The number of aromatic nitrogens is 1. The molecule has 2 amide bonds. The van der Waals surface area contributed by atoms with Crippen LogP contribution in [0.5, 0.6) is 0 Å². The minimum Gasteiger partial charge on any atom is -0.268 e. The largest absolute Gasteiger partial charge is 0.268 e. The Labute approximate surface area is 252 Å². The number of nitrogens with zero attached hydrogens (tertiary/aromatic N) is 4. The lowest BCUT2D eigenvalue weighted by molar-refractivity contribution is 0.0897. The van der Waals surface area contributed by atoms with Crippen molar-refractivity contribution < 1.29 is 26.4 Å². The van der Waals surface area contributed by atoms with Crippen molar-refractivity contribution in [1.29, 1.82) is 0 Å². The highest BCUT2D eigenvalue weighted by Gasteiger charge is 2.34. The van der Waals surface area contributed by atoms with Crippen LogP contribution < -0.4 is 4.90 Å². The van der Waals surface area contributed by atoms with Crippen molar-refractivity contribution in [2.24, 2.45) is 0 Å². The van der Waals surface area contributed by atoms with Gasteiger partial charge < -0.3 is 0 Å². The number of hydrogen-bond acceptors (Lipinski definition) is 8. The van der Waals surface area contributed by atoms with Gasteiger partial charge in [0, 0.05) is 42.7 Å². The number of anilines is 1. The number of benzene rings is 2. The van der Waals surface area contributed by atoms with Crippen LogP contribution in [0.25, 0.3) is 0 Å². The monoisotopic (exact) mass is 656 g/mol. The summed E-state index contributed by atoms with van der Waals surface area (Å²) in [5.41, 5.74) is 0.344. The van der Waals surface area contributed by atoms with Gasteiger partial charge in [-0.1, -0.05) is 23.2 Å². The number of rotatable bonds is 7. The molecular formula is C26H26Cl2N4O6S3. The third kappa shape index (κ3) is 5.81. The van der Waals surface area contributed by atoms with Gasteiger partial charge in [0.25, 0.3) is 11.8 Å². The van der Waals surface area contributed by atoms with E-state index in [-0.39, 0.29) is 36.1 Å². The second-order valence-electron chi connectivity index (χ2n) is 9.73. The van der Waals surface area contributed by atoms with Gasteiger partial charge in [-0.3, -0.25) is 9.59 Å². The Bertz CT molecular complexity index is 1620. The summed E-state index contributed by atoms with van der Waals surface area (Å²) >= 11 is 13.6. The summed E-state index contributed by atoms with van der Waals surface area (Å²) in [6, 6.07) is 7.58. The van der Waals surface area contributed by atoms with Crippen molar-refractivity contribution in [3.05, 3.63) is 68.6 Å². The molecule has 1 aromatic heterocycles. The average molecular weight is 658 g/mol. The highest BCUT2D eigenvalue weighted by molar-refractivity contribution is 7.89. The van der Waals surface area contributed by atoms with Crippen LogP contribution >= 0.6 is 34.5 Å². The first-order valence-corrected chi connectivity index (χ1v) is 17.3. The predicted molar refractivity (Wildman–Crippen MR) is 157 cm³/mol. The van der Waals surface area contributed by atoms with E-state index in [1.54, 1.807) is 12.3 Å². The number of aryl methyl sites for hydroxylation is 1. The molecule has 0 N–H and O–H groups in total. The summed E-state index contributed by atoms with van der Waals surface area (Å²) in [5.74, 6) is -1.70. The van der Waals surface area contributed by atoms with E-state index in [4.69, 9.17) is 23.2 Å². The topological polar surface area (TPSA) is 125 Å². The summed E-state index contributed by atoms with van der Waals surface area (Å²) in [5, 5.41) is 1.59. The fraction of sp³-hybridized carbons (Fsp3) is 0.346. The first-order chi connectivity index (χ1) is 19.4. The van der Waals surface area contributed by atoms with Crippen molar-refractivity contribution in [3.63, 3.8) is 0 Å². The lowest BCUT2D eigenvalue weighted by Crippen LogP contribution is -2.37. The number of hydrogen-bond donors (Lipinski definition) is 0. The van der Waals surface area contributed by atoms with Crippen LogP contribution in [0.2, 0.25) is 10.0 Å². The highest BCUT2D eigenvalue weighted by atomic mass is 35.5. The molecule has 3 heterocycles. The summed E-state index contributed by atoms with van der Waals surface area (Å²) < 4.78 is 55.7. The Morgan fingerprint density at radius 3 is 1.56 bits per heavy atom. The lowest BCUT2D eigenvalue weighted by atomic mass is 10.1. The molecule has 0 aliphatic carbocycles. The molecule has 0 spiro atoms. The Balaban J connectivity index is 1.56. The van der Waals surface area contributed by atoms with Crippen molar-refractivity contribution >= 4 is 71.5 Å². The second-order valence-corrected chi connectivity index (χ2v) is 15.2. The van der Waals surface area contributed by atoms with Crippen LogP contribution in [0.15, 0.2) is 51.6 Å². The molecule has 0 bridgehead atoms. The molecule has 218 valence electrons. The second kappa shape index (κ2) is 11.7. The van der Waals surface area contributed by atoms with Crippen molar-refractivity contribution in [3.8, 4) is 0 Å². The molecule has 2 aromatic carbocycles. The maximum absolute atomic E-state index is 13.9. The molecule has 2 aliphatic rings. The molecule has 2 fully saturated rings. The number of sulfonamides is 2. The number of carbonyl (C=O) groups is 2. The molecule has 0 radical (unpaired) electrons. The zero-order chi connectivity index (χ0) is 29.5. The Morgan fingerprint density at radius 1 is 0.780 bits per heavy atom. The summed E-state index contributed by atoms with van der Waals surface area (Å²) in [4.78, 5) is 32.5. The fourth-order valence-electron chi connectivity index (χ4n) is 4.77. The minimum absolute atomic E-state index is 0.0373. The van der Waals surface area contributed by atoms with Crippen molar-refractivity contribution in [1.82, 2.24) is 13.6 Å². The van der Waals surface area contributed by atoms with E-state index in [0.29, 0.717) is 31.9 Å². The maximum atomic E-state index is 13.9. The van der Waals surface area contributed by atoms with E-state index in [1.165, 1.54) is 32.9 Å². The quantitative estimate of drug-likeness (QED) is 0.334. The molecule has 0 saturated carbocycles. The van der Waals surface area contributed by atoms with Crippen molar-refractivity contribution in [2.75, 3.05) is 31.1 Å². The fourth-order valence-corrected chi connectivity index (χ4v) is 9.60. The zero-order valence-corrected chi connectivity index (χ0v) is 25.9. The number of imide groups is 1. The average Bonchev–Trinajstić information content (AvgIpc) is 3.73. The molecular weight excluding hydrogens is 631 g/mol. The third-order valence-electron chi connectivity index (χ3n) is 6.93. The van der Waals surface area contributed by atoms with Crippen LogP contribution in [0, 0.1) is 6.92 Å². The Kier molecular flexibility index (Phi) is 8.59. The van der Waals surface area contributed by atoms with Crippen LogP contribution in [-0.2, 0) is 20.0 Å². The van der Waals surface area contributed by atoms with Gasteiger partial charge in [0.05, 0.1) is 15.7 Å². The standard InChI is InChI=1S/C26H26Cl2N4O6S3/c1-17-16-39-26(29-17)32(24(33)18-6-8-20(27)22(14-18)40(35,36)30-10-2-3-11-30)25(34)19-7-9-21(28)23(15-19)41(37,38)31-12-4-5-13-31/h6-9,14-16H,2-5,10-13H2,1H3. The molecule has 2 aliphatic heterocycles. The minimum atomic E-state index is -3.97. The Hall–Kier alpha value is -2.39. The summed E-state index contributed by atoms with van der Waals surface area (Å²) in [6.45, 7) is 3.08. The molecule has 0 unspecified atom stereocenters. The Morgan fingerprint density at radius 2 is 1.20 bits per heavy atom. The molecule has 0 atom stereocenters. The van der Waals surface area contributed by atoms with Gasteiger partial charge in [0.2, 0.25) is 20.0 Å². The van der Waals surface area contributed by atoms with Gasteiger partial charge in [-0.25, -0.2) is 26.7 Å². The van der Waals surface area contributed by atoms with E-state index >= 15 is 0 Å². The van der Waals surface area contributed by atoms with Gasteiger partial charge in [-0.15, -0.1) is 11.3 Å². The molecule has 2 saturated heterocycles. The molecule has 15 heteroatoms. The summed E-state index contributed by atoms with van der Waals surface area (Å²) in [6.07, 6.45) is 2.88. The van der Waals surface area contributed by atoms with Crippen LogP contribution in [-0.4, -0.2) is 68.4 Å². The van der Waals surface area contributed by atoms with Crippen molar-refractivity contribution in [2.45, 2.75) is 42.4 Å². The molecule has 41 heavy (non-hydrogen) atoms. The van der Waals surface area contributed by atoms with Gasteiger partial charge >= 0.3 is 0 Å². The number of thiazole rings is 1. The zero-order valence-electron chi connectivity index (χ0n) is 21.9. The van der Waals surface area contributed by atoms with E-state index < -0.39 is 31.9 Å². The first-order valence-electron chi connectivity index (χ1n) is 12.8. The normalized spacial score (nSPS) is 16.8. The highest BCUT2D eigenvalue weighted by Crippen LogP contribution is 2.32. The van der Waals surface area contributed by atoms with E-state index in [1.807, 2.05) is 0 Å². The molecule has 5 rings (SSSR count). The van der Waals surface area contributed by atoms with Crippen LogP contribution in [0.4, 0.5) is 5.13 Å². The first kappa shape index (κ1) is 30.1. The summed E-state index contributed by atoms with van der Waals surface area (Å²) in [7, 11) is -7.94. The SMILES string of the molecule is Cc1csc(N(C(=O)c2ccc(Cl)c(S(=O)(=O)N3CCCC3)c2)C(=O)c2ccc(Cl)c(S(=O)(=O)N3CCCC3)c2)n1. The maximum Gasteiger partial charge on any atom is 0.267 e. The van der Waals surface area contributed by atoms with E-state index in [2.05, 4.69) is 4.98 Å². The lowest BCUT2D eigenvalue weighted by Gasteiger charge is -2.21. The van der Waals surface area contributed by atoms with Gasteiger partial charge in [0.1, 0.15) is 9.79 Å². The molecule has 3 aromatic rings.